The number of para-hydroxylation sites is 1. The Balaban J connectivity index is 2.38. The molecule has 0 saturated carbocycles. The lowest BCUT2D eigenvalue weighted by Gasteiger charge is -2.07. The summed E-state index contributed by atoms with van der Waals surface area (Å²) in [6.07, 6.45) is 0. The first-order valence-electron chi connectivity index (χ1n) is 6.19. The maximum absolute atomic E-state index is 9.42. The largest absolute Gasteiger partial charge is 0.508 e. The van der Waals surface area contributed by atoms with Crippen molar-refractivity contribution >= 4 is 32.7 Å². The summed E-state index contributed by atoms with van der Waals surface area (Å²) >= 11 is 3.52. The van der Waals surface area contributed by atoms with Crippen LogP contribution in [0.15, 0.2) is 58.3 Å². The summed E-state index contributed by atoms with van der Waals surface area (Å²) in [6.45, 7) is 0. The summed E-state index contributed by atoms with van der Waals surface area (Å²) in [5.74, 6) is 0.235. The molecule has 5 nitrogen and oxygen atoms in total. The van der Waals surface area contributed by atoms with Crippen LogP contribution < -0.4 is 5.73 Å². The van der Waals surface area contributed by atoms with E-state index in [2.05, 4.69) is 21.1 Å². The summed E-state index contributed by atoms with van der Waals surface area (Å²) in [4.78, 5) is 0. The zero-order valence-electron chi connectivity index (χ0n) is 10.9. The van der Waals surface area contributed by atoms with Crippen LogP contribution in [0.25, 0.3) is 16.6 Å². The third-order valence-electron chi connectivity index (χ3n) is 3.29. The number of hydrogen-bond acceptors (Lipinski definition) is 3. The second-order valence-electron chi connectivity index (χ2n) is 4.52. The van der Waals surface area contributed by atoms with Crippen LogP contribution in [0.5, 0.6) is 5.75 Å². The molecule has 21 heavy (non-hydrogen) atoms. The second kappa shape index (κ2) is 5.14. The number of fused-ring (bicyclic) bond motifs is 1. The first-order valence-corrected chi connectivity index (χ1v) is 6.99. The van der Waals surface area contributed by atoms with Crippen molar-refractivity contribution < 1.29 is 10.3 Å². The Labute approximate surface area is 129 Å². The normalized spacial score (nSPS) is 12.0. The van der Waals surface area contributed by atoms with Crippen molar-refractivity contribution in [3.05, 3.63) is 58.7 Å². The zero-order chi connectivity index (χ0) is 15.0. The van der Waals surface area contributed by atoms with Crippen LogP contribution in [0.3, 0.4) is 0 Å². The van der Waals surface area contributed by atoms with Crippen LogP contribution in [0.4, 0.5) is 0 Å². The van der Waals surface area contributed by atoms with Crippen molar-refractivity contribution in [3.63, 3.8) is 0 Å². The van der Waals surface area contributed by atoms with E-state index in [0.717, 1.165) is 16.6 Å². The Morgan fingerprint density at radius 2 is 1.76 bits per heavy atom. The lowest BCUT2D eigenvalue weighted by Crippen LogP contribution is -2.13. The summed E-state index contributed by atoms with van der Waals surface area (Å²) in [5.41, 5.74) is 8.19. The van der Waals surface area contributed by atoms with Gasteiger partial charge in [-0.05, 0) is 46.3 Å². The molecule has 0 unspecified atom stereocenters. The van der Waals surface area contributed by atoms with E-state index in [1.807, 2.05) is 28.8 Å². The van der Waals surface area contributed by atoms with Gasteiger partial charge in [0.05, 0.1) is 11.1 Å². The standard InChI is InChI=1S/C15H12BrN3O2/c16-14-13(15(17)18-21)11-3-1-2-4-12(11)19(14)9-5-7-10(20)8-6-9/h1-8,20-21H,(H2,17,18). The van der Waals surface area contributed by atoms with Gasteiger partial charge in [0.1, 0.15) is 10.4 Å². The van der Waals surface area contributed by atoms with Crippen molar-refractivity contribution in [2.45, 2.75) is 0 Å². The Bertz CT molecular complexity index is 838. The molecule has 0 aliphatic carbocycles. The van der Waals surface area contributed by atoms with Gasteiger partial charge in [-0.1, -0.05) is 23.4 Å². The summed E-state index contributed by atoms with van der Waals surface area (Å²) in [6, 6.07) is 14.5. The van der Waals surface area contributed by atoms with Gasteiger partial charge in [0, 0.05) is 11.1 Å². The monoisotopic (exact) mass is 345 g/mol. The fraction of sp³-hybridized carbons (Fsp3) is 0. The first kappa shape index (κ1) is 13.5. The van der Waals surface area contributed by atoms with E-state index in [1.165, 1.54) is 0 Å². The third kappa shape index (κ3) is 2.13. The number of benzene rings is 2. The number of aromatic nitrogens is 1. The van der Waals surface area contributed by atoms with Crippen molar-refractivity contribution in [1.82, 2.24) is 4.57 Å². The van der Waals surface area contributed by atoms with Gasteiger partial charge in [-0.3, -0.25) is 0 Å². The van der Waals surface area contributed by atoms with Crippen LogP contribution in [0.1, 0.15) is 5.56 Å². The number of halogens is 1. The lowest BCUT2D eigenvalue weighted by atomic mass is 10.1. The molecule has 3 rings (SSSR count). The highest BCUT2D eigenvalue weighted by Crippen LogP contribution is 2.33. The van der Waals surface area contributed by atoms with Gasteiger partial charge in [0.15, 0.2) is 5.84 Å². The predicted molar refractivity (Wildman–Crippen MR) is 85.2 cm³/mol. The Morgan fingerprint density at radius 1 is 1.10 bits per heavy atom. The maximum Gasteiger partial charge on any atom is 0.173 e. The van der Waals surface area contributed by atoms with Crippen LogP contribution in [-0.2, 0) is 0 Å². The maximum atomic E-state index is 9.42. The molecule has 0 amide bonds. The van der Waals surface area contributed by atoms with E-state index in [0.29, 0.717) is 10.2 Å². The Hall–Kier alpha value is -2.47. The molecule has 6 heteroatoms. The number of hydrogen-bond donors (Lipinski definition) is 3. The molecule has 4 N–H and O–H groups in total. The van der Waals surface area contributed by atoms with Gasteiger partial charge in [0.25, 0.3) is 0 Å². The van der Waals surface area contributed by atoms with Crippen LogP contribution >= 0.6 is 15.9 Å². The van der Waals surface area contributed by atoms with Gasteiger partial charge in [-0.15, -0.1) is 0 Å². The van der Waals surface area contributed by atoms with E-state index < -0.39 is 0 Å². The number of oxime groups is 1. The summed E-state index contributed by atoms with van der Waals surface area (Å²) in [7, 11) is 0. The quantitative estimate of drug-likeness (QED) is 0.288. The summed E-state index contributed by atoms with van der Waals surface area (Å²) < 4.78 is 2.62. The van der Waals surface area contributed by atoms with Crippen LogP contribution in [0, 0.1) is 0 Å². The first-order chi connectivity index (χ1) is 10.1. The minimum Gasteiger partial charge on any atom is -0.508 e. The Morgan fingerprint density at radius 3 is 2.43 bits per heavy atom. The molecule has 0 fully saturated rings. The number of nitrogens with two attached hydrogens (primary N) is 1. The van der Waals surface area contributed by atoms with Gasteiger partial charge >= 0.3 is 0 Å². The predicted octanol–water partition coefficient (Wildman–Crippen LogP) is 3.19. The van der Waals surface area contributed by atoms with Crippen LogP contribution in [0.2, 0.25) is 0 Å². The molecule has 0 atom stereocenters. The topological polar surface area (TPSA) is 83.8 Å². The average molecular weight is 346 g/mol. The summed E-state index contributed by atoms with van der Waals surface area (Å²) in [5, 5.41) is 22.4. The number of phenolic OH excluding ortho intramolecular Hbond substituents is 1. The van der Waals surface area contributed by atoms with Crippen molar-refractivity contribution in [2.75, 3.05) is 0 Å². The average Bonchev–Trinajstić information content (AvgIpc) is 2.80. The molecule has 1 heterocycles. The highest BCUT2D eigenvalue weighted by atomic mass is 79.9. The molecule has 1 aromatic heterocycles. The molecule has 2 aromatic carbocycles. The van der Waals surface area contributed by atoms with E-state index in [9.17, 15) is 5.11 Å². The minimum absolute atomic E-state index is 0.0376. The molecule has 106 valence electrons. The van der Waals surface area contributed by atoms with Gasteiger partial charge < -0.3 is 20.6 Å². The molecule has 0 saturated heterocycles. The second-order valence-corrected chi connectivity index (χ2v) is 5.27. The highest BCUT2D eigenvalue weighted by molar-refractivity contribution is 9.10. The van der Waals surface area contributed by atoms with Gasteiger partial charge in [0.2, 0.25) is 0 Å². The smallest absolute Gasteiger partial charge is 0.173 e. The lowest BCUT2D eigenvalue weighted by molar-refractivity contribution is 0.318. The number of aromatic hydroxyl groups is 1. The van der Waals surface area contributed by atoms with E-state index in [4.69, 9.17) is 10.9 Å². The highest BCUT2D eigenvalue weighted by Gasteiger charge is 2.19. The van der Waals surface area contributed by atoms with Crippen molar-refractivity contribution in [3.8, 4) is 11.4 Å². The number of phenols is 1. The molecule has 3 aromatic rings. The van der Waals surface area contributed by atoms with Crippen molar-refractivity contribution in [2.24, 2.45) is 10.9 Å². The van der Waals surface area contributed by atoms with E-state index in [-0.39, 0.29) is 11.6 Å². The minimum atomic E-state index is 0.0376. The fourth-order valence-electron chi connectivity index (χ4n) is 2.36. The molecule has 0 radical (unpaired) electrons. The number of nitrogens with zero attached hydrogens (tertiary/aromatic N) is 2. The number of rotatable bonds is 2. The SMILES string of the molecule is N/C(=N\O)c1c(Br)n(-c2ccc(O)cc2)c2ccccc12. The van der Waals surface area contributed by atoms with Gasteiger partial charge in [-0.25, -0.2) is 0 Å². The molecule has 0 aliphatic heterocycles. The Kier molecular flexibility index (Phi) is 3.31. The van der Waals surface area contributed by atoms with Gasteiger partial charge in [-0.2, -0.15) is 0 Å². The van der Waals surface area contributed by atoms with Crippen molar-refractivity contribution in [1.29, 1.82) is 0 Å². The fourth-order valence-corrected chi connectivity index (χ4v) is 3.17. The molecular formula is C15H12BrN3O2. The molecule has 0 spiro atoms. The zero-order valence-corrected chi connectivity index (χ0v) is 12.4. The van der Waals surface area contributed by atoms with E-state index >= 15 is 0 Å². The molecule has 0 aliphatic rings. The molecular weight excluding hydrogens is 334 g/mol. The van der Waals surface area contributed by atoms with Crippen LogP contribution in [-0.4, -0.2) is 20.7 Å². The van der Waals surface area contributed by atoms with E-state index in [1.54, 1.807) is 24.3 Å². The molecule has 0 bridgehead atoms. The number of amidine groups is 1. The third-order valence-corrected chi connectivity index (χ3v) is 4.04.